The molecule has 0 saturated heterocycles. The van der Waals surface area contributed by atoms with E-state index in [0.29, 0.717) is 0 Å². The summed E-state index contributed by atoms with van der Waals surface area (Å²) in [5, 5.41) is 1.64. The maximum atomic E-state index is 11.0. The summed E-state index contributed by atoms with van der Waals surface area (Å²) in [5.41, 5.74) is 2.47. The monoisotopic (exact) mass is 361 g/mol. The summed E-state index contributed by atoms with van der Waals surface area (Å²) in [4.78, 5) is 14.3. The molecule has 1 aromatic heterocycles. The number of hydrogen-bond acceptors (Lipinski definition) is 3. The van der Waals surface area contributed by atoms with Crippen molar-refractivity contribution < 1.29 is 4.79 Å². The summed E-state index contributed by atoms with van der Waals surface area (Å²) in [6.07, 6.45) is 4.18. The fourth-order valence-electron chi connectivity index (χ4n) is 2.65. The van der Waals surface area contributed by atoms with E-state index < -0.39 is 5.24 Å². The van der Waals surface area contributed by atoms with Crippen molar-refractivity contribution in [3.05, 3.63) is 39.2 Å². The first-order valence-electron chi connectivity index (χ1n) is 6.35. The number of allylic oxidation sites excluding steroid dienone is 1. The van der Waals surface area contributed by atoms with Crippen LogP contribution in [0, 0.1) is 0 Å². The molecule has 0 unspecified atom stereocenters. The molecule has 0 N–H and O–H groups in total. The molecular formula is C15H14Cl3NOS. The van der Waals surface area contributed by atoms with Gasteiger partial charge in [0.2, 0.25) is 5.24 Å². The topological polar surface area (TPSA) is 20.3 Å². The first-order valence-corrected chi connectivity index (χ1v) is 7.92. The van der Waals surface area contributed by atoms with Crippen molar-refractivity contribution in [3.63, 3.8) is 0 Å². The van der Waals surface area contributed by atoms with Crippen LogP contribution in [0.2, 0.25) is 5.02 Å². The fourth-order valence-corrected chi connectivity index (χ4v) is 4.11. The van der Waals surface area contributed by atoms with E-state index in [0.717, 1.165) is 29.4 Å². The summed E-state index contributed by atoms with van der Waals surface area (Å²) in [5.74, 6) is 0. The normalized spacial score (nSPS) is 15.2. The zero-order chi connectivity index (χ0) is 14.3. The molecule has 0 bridgehead atoms. The third-order valence-electron chi connectivity index (χ3n) is 3.57. The Balaban J connectivity index is 0.00000161. The number of hydrogen-bond donors (Lipinski definition) is 0. The summed E-state index contributed by atoms with van der Waals surface area (Å²) >= 11 is 13.4. The van der Waals surface area contributed by atoms with Crippen molar-refractivity contribution in [3.8, 4) is 0 Å². The lowest BCUT2D eigenvalue weighted by atomic mass is 10.0. The van der Waals surface area contributed by atoms with E-state index in [9.17, 15) is 4.79 Å². The van der Waals surface area contributed by atoms with Crippen molar-refractivity contribution >= 4 is 68.4 Å². The number of benzene rings is 1. The zero-order valence-electron chi connectivity index (χ0n) is 11.4. The maximum absolute atomic E-state index is 11.0. The van der Waals surface area contributed by atoms with Crippen LogP contribution < -0.4 is 0 Å². The van der Waals surface area contributed by atoms with Crippen molar-refractivity contribution in [2.45, 2.75) is 13.0 Å². The maximum Gasteiger partial charge on any atom is 0.245 e. The standard InChI is InChI=1S/C15H13Cl2NOS.ClH/c1-18-7-6-9-11(16)2-3-13-15(9)10(8-18)12(20-13)4-5-14(17)19;/h2-5H,6-8H2,1H3;1H/b5-4+;. The molecule has 1 aliphatic rings. The molecule has 0 amide bonds. The van der Waals surface area contributed by atoms with E-state index in [2.05, 4.69) is 18.0 Å². The van der Waals surface area contributed by atoms with Crippen LogP contribution in [0.3, 0.4) is 0 Å². The van der Waals surface area contributed by atoms with Crippen LogP contribution >= 0.6 is 46.9 Å². The quantitative estimate of drug-likeness (QED) is 0.568. The van der Waals surface area contributed by atoms with Crippen molar-refractivity contribution in [1.82, 2.24) is 4.90 Å². The van der Waals surface area contributed by atoms with Gasteiger partial charge in [-0.1, -0.05) is 11.6 Å². The van der Waals surface area contributed by atoms with Gasteiger partial charge in [0.25, 0.3) is 0 Å². The first kappa shape index (κ1) is 16.8. The number of nitrogens with zero attached hydrogens (tertiary/aromatic N) is 1. The molecule has 112 valence electrons. The molecule has 0 spiro atoms. The molecular weight excluding hydrogens is 349 g/mol. The van der Waals surface area contributed by atoms with Gasteiger partial charge in [0.1, 0.15) is 0 Å². The van der Waals surface area contributed by atoms with Crippen LogP contribution in [0.25, 0.3) is 16.2 Å². The minimum atomic E-state index is -0.449. The minimum Gasteiger partial charge on any atom is -0.302 e. The second-order valence-corrected chi connectivity index (χ2v) is 6.83. The number of rotatable bonds is 2. The number of halogens is 3. The smallest absolute Gasteiger partial charge is 0.245 e. The van der Waals surface area contributed by atoms with Gasteiger partial charge in [-0.3, -0.25) is 4.79 Å². The highest BCUT2D eigenvalue weighted by atomic mass is 35.5. The van der Waals surface area contributed by atoms with E-state index >= 15 is 0 Å². The highest BCUT2D eigenvalue weighted by Crippen LogP contribution is 2.39. The van der Waals surface area contributed by atoms with Gasteiger partial charge >= 0.3 is 0 Å². The average Bonchev–Trinajstić information content (AvgIpc) is 2.62. The highest BCUT2D eigenvalue weighted by molar-refractivity contribution is 7.20. The Kier molecular flexibility index (Phi) is 5.33. The van der Waals surface area contributed by atoms with Gasteiger partial charge < -0.3 is 4.90 Å². The van der Waals surface area contributed by atoms with Gasteiger partial charge in [-0.25, -0.2) is 0 Å². The van der Waals surface area contributed by atoms with Crippen molar-refractivity contribution in [1.29, 1.82) is 0 Å². The fraction of sp³-hybridized carbons (Fsp3) is 0.267. The molecule has 2 aromatic rings. The molecule has 3 rings (SSSR count). The molecule has 1 aromatic carbocycles. The Labute approximate surface area is 143 Å². The van der Waals surface area contributed by atoms with Crippen LogP contribution in [-0.2, 0) is 17.8 Å². The zero-order valence-corrected chi connectivity index (χ0v) is 14.5. The lowest BCUT2D eigenvalue weighted by Gasteiger charge is -2.13. The van der Waals surface area contributed by atoms with Crippen LogP contribution in [0.5, 0.6) is 0 Å². The second kappa shape index (κ2) is 6.67. The molecule has 0 aliphatic carbocycles. The van der Waals surface area contributed by atoms with Crippen molar-refractivity contribution in [2.75, 3.05) is 13.6 Å². The van der Waals surface area contributed by atoms with Gasteiger partial charge in [-0.05, 0) is 60.5 Å². The van der Waals surface area contributed by atoms with E-state index in [-0.39, 0.29) is 12.4 Å². The van der Waals surface area contributed by atoms with Crippen LogP contribution in [0.1, 0.15) is 16.0 Å². The predicted octanol–water partition coefficient (Wildman–Crippen LogP) is 4.74. The van der Waals surface area contributed by atoms with Crippen LogP contribution in [0.4, 0.5) is 0 Å². The number of carbonyl (C=O) groups is 1. The van der Waals surface area contributed by atoms with E-state index in [1.807, 2.05) is 12.1 Å². The first-order chi connectivity index (χ1) is 9.56. The lowest BCUT2D eigenvalue weighted by molar-refractivity contribution is -0.107. The Morgan fingerprint density at radius 1 is 1.38 bits per heavy atom. The number of carbonyl (C=O) groups excluding carboxylic acids is 1. The van der Waals surface area contributed by atoms with Gasteiger partial charge in [0, 0.05) is 33.1 Å². The summed E-state index contributed by atoms with van der Waals surface area (Å²) in [6, 6.07) is 4.02. The van der Waals surface area contributed by atoms with E-state index in [1.54, 1.807) is 11.3 Å². The van der Waals surface area contributed by atoms with Crippen LogP contribution in [-0.4, -0.2) is 23.7 Å². The van der Waals surface area contributed by atoms with Gasteiger partial charge in [-0.15, -0.1) is 23.7 Å². The molecule has 6 heteroatoms. The molecule has 21 heavy (non-hydrogen) atoms. The van der Waals surface area contributed by atoms with Gasteiger partial charge in [0.15, 0.2) is 0 Å². The molecule has 0 atom stereocenters. The predicted molar refractivity (Wildman–Crippen MR) is 94.0 cm³/mol. The third kappa shape index (κ3) is 3.27. The van der Waals surface area contributed by atoms with E-state index in [1.165, 1.54) is 27.3 Å². The van der Waals surface area contributed by atoms with Gasteiger partial charge in [-0.2, -0.15) is 0 Å². The average molecular weight is 363 g/mol. The molecule has 1 aliphatic heterocycles. The van der Waals surface area contributed by atoms with Gasteiger partial charge in [0.05, 0.1) is 0 Å². The molecule has 0 radical (unpaired) electrons. The summed E-state index contributed by atoms with van der Waals surface area (Å²) in [6.45, 7) is 1.85. The Bertz CT molecular complexity index is 723. The molecule has 0 fully saturated rings. The molecule has 0 saturated carbocycles. The Hall–Kier alpha value is -0.580. The third-order valence-corrected chi connectivity index (χ3v) is 5.22. The summed E-state index contributed by atoms with van der Waals surface area (Å²) in [7, 11) is 2.10. The summed E-state index contributed by atoms with van der Waals surface area (Å²) < 4.78 is 1.22. The van der Waals surface area contributed by atoms with Crippen molar-refractivity contribution in [2.24, 2.45) is 0 Å². The molecule has 2 nitrogen and oxygen atoms in total. The SMILES string of the molecule is CN1CCc2c(Cl)ccc3sc(/C=C/C(=O)Cl)c(c23)C1.Cl. The minimum absolute atomic E-state index is 0. The highest BCUT2D eigenvalue weighted by Gasteiger charge is 2.20. The van der Waals surface area contributed by atoms with E-state index in [4.69, 9.17) is 23.2 Å². The second-order valence-electron chi connectivity index (χ2n) is 4.97. The Morgan fingerprint density at radius 3 is 2.86 bits per heavy atom. The lowest BCUT2D eigenvalue weighted by Crippen LogP contribution is -2.18. The Morgan fingerprint density at radius 2 is 2.14 bits per heavy atom. The molecule has 2 heterocycles. The number of likely N-dealkylation sites (N-methyl/N-ethyl adjacent to an activating group) is 1. The number of thiophene rings is 1. The van der Waals surface area contributed by atoms with Crippen LogP contribution in [0.15, 0.2) is 18.2 Å². The largest absolute Gasteiger partial charge is 0.302 e.